The molecule has 1 aromatic carbocycles. The average Bonchev–Trinajstić information content (AvgIpc) is 2.93. The molecule has 1 saturated heterocycles. The summed E-state index contributed by atoms with van der Waals surface area (Å²) in [7, 11) is 1.59. The van der Waals surface area contributed by atoms with E-state index in [4.69, 9.17) is 5.73 Å². The number of hydrogen-bond donors (Lipinski definition) is 2. The number of likely N-dealkylation sites (N-methyl/N-ethyl adjacent to an activating group) is 1. The lowest BCUT2D eigenvalue weighted by molar-refractivity contribution is -0.134. The molecular weight excluding hydrogens is 254 g/mol. The fourth-order valence-corrected chi connectivity index (χ4v) is 2.40. The molecule has 1 aromatic rings. The minimum absolute atomic E-state index is 0.104. The Labute approximate surface area is 118 Å². The van der Waals surface area contributed by atoms with Crippen molar-refractivity contribution >= 4 is 23.6 Å². The molecule has 1 aliphatic heterocycles. The summed E-state index contributed by atoms with van der Waals surface area (Å²) in [4.78, 5) is 25.5. The Balaban J connectivity index is 2.06. The highest BCUT2D eigenvalue weighted by Crippen LogP contribution is 2.18. The average molecular weight is 273 g/mol. The van der Waals surface area contributed by atoms with E-state index in [0.717, 1.165) is 18.4 Å². The van der Waals surface area contributed by atoms with Crippen molar-refractivity contribution in [1.29, 1.82) is 0 Å². The number of carbonyl (C=O) groups is 2. The van der Waals surface area contributed by atoms with Crippen LogP contribution in [-0.4, -0.2) is 36.3 Å². The first-order valence-corrected chi connectivity index (χ1v) is 6.67. The van der Waals surface area contributed by atoms with Crippen LogP contribution in [0.3, 0.4) is 0 Å². The van der Waals surface area contributed by atoms with Crippen LogP contribution in [0.15, 0.2) is 30.3 Å². The van der Waals surface area contributed by atoms with Crippen LogP contribution in [0.5, 0.6) is 0 Å². The minimum Gasteiger partial charge on any atom is -0.399 e. The van der Waals surface area contributed by atoms with Crippen LogP contribution in [0.4, 0.5) is 5.69 Å². The van der Waals surface area contributed by atoms with Crippen molar-refractivity contribution in [2.45, 2.75) is 18.9 Å². The van der Waals surface area contributed by atoms with Crippen molar-refractivity contribution in [1.82, 2.24) is 10.2 Å². The van der Waals surface area contributed by atoms with Gasteiger partial charge in [0, 0.05) is 25.4 Å². The molecule has 0 aromatic heterocycles. The zero-order valence-electron chi connectivity index (χ0n) is 11.5. The summed E-state index contributed by atoms with van der Waals surface area (Å²) in [5.41, 5.74) is 7.21. The summed E-state index contributed by atoms with van der Waals surface area (Å²) in [6.07, 6.45) is 4.79. The molecule has 1 heterocycles. The first-order valence-electron chi connectivity index (χ1n) is 6.67. The number of nitrogens with one attached hydrogen (secondary N) is 1. The van der Waals surface area contributed by atoms with Gasteiger partial charge in [0.25, 0.3) is 0 Å². The number of carbonyl (C=O) groups excluding carboxylic acids is 2. The number of nitrogens with zero attached hydrogens (tertiary/aromatic N) is 1. The van der Waals surface area contributed by atoms with Crippen LogP contribution in [-0.2, 0) is 9.59 Å². The standard InChI is InChI=1S/C15H19N3O2/c1-17-15(20)13-6-3-9-18(13)14(19)8-7-11-4-2-5-12(16)10-11/h2,4-5,7-8,10,13H,3,6,9,16H2,1H3,(H,17,20)/b8-7+. The second kappa shape index (κ2) is 6.23. The van der Waals surface area contributed by atoms with E-state index in [0.29, 0.717) is 12.2 Å². The molecule has 0 aliphatic carbocycles. The van der Waals surface area contributed by atoms with Crippen LogP contribution in [0, 0.1) is 0 Å². The Morgan fingerprint density at radius 3 is 2.95 bits per heavy atom. The molecule has 106 valence electrons. The van der Waals surface area contributed by atoms with Crippen molar-refractivity contribution in [3.8, 4) is 0 Å². The lowest BCUT2D eigenvalue weighted by Crippen LogP contribution is -2.44. The lowest BCUT2D eigenvalue weighted by Gasteiger charge is -2.21. The second-order valence-electron chi connectivity index (χ2n) is 4.81. The molecule has 0 spiro atoms. The molecule has 3 N–H and O–H groups in total. The highest BCUT2D eigenvalue weighted by molar-refractivity contribution is 5.96. The maximum atomic E-state index is 12.2. The number of nitrogens with two attached hydrogens (primary N) is 1. The van der Waals surface area contributed by atoms with Crippen molar-refractivity contribution in [2.75, 3.05) is 19.3 Å². The molecule has 0 bridgehead atoms. The molecule has 0 saturated carbocycles. The van der Waals surface area contributed by atoms with Crippen molar-refractivity contribution in [3.05, 3.63) is 35.9 Å². The molecule has 1 atom stereocenters. The summed E-state index contributed by atoms with van der Waals surface area (Å²) in [6.45, 7) is 0.623. The number of rotatable bonds is 3. The van der Waals surface area contributed by atoms with Crippen LogP contribution in [0.2, 0.25) is 0 Å². The van der Waals surface area contributed by atoms with Crippen LogP contribution >= 0.6 is 0 Å². The van der Waals surface area contributed by atoms with Crippen molar-refractivity contribution in [3.63, 3.8) is 0 Å². The largest absolute Gasteiger partial charge is 0.399 e. The summed E-state index contributed by atoms with van der Waals surface area (Å²) in [6, 6.07) is 6.95. The third-order valence-electron chi connectivity index (χ3n) is 3.41. The predicted molar refractivity (Wildman–Crippen MR) is 78.7 cm³/mol. The van der Waals surface area contributed by atoms with Crippen molar-refractivity contribution in [2.24, 2.45) is 0 Å². The van der Waals surface area contributed by atoms with Gasteiger partial charge in [-0.15, -0.1) is 0 Å². The van der Waals surface area contributed by atoms with E-state index in [1.807, 2.05) is 12.1 Å². The SMILES string of the molecule is CNC(=O)C1CCCN1C(=O)/C=C/c1cccc(N)c1. The summed E-state index contributed by atoms with van der Waals surface area (Å²) in [5.74, 6) is -0.244. The molecule has 5 heteroatoms. The first-order chi connectivity index (χ1) is 9.61. The number of benzene rings is 1. The zero-order chi connectivity index (χ0) is 14.5. The lowest BCUT2D eigenvalue weighted by atomic mass is 10.2. The van der Waals surface area contributed by atoms with Gasteiger partial charge in [-0.3, -0.25) is 9.59 Å². The fraction of sp³-hybridized carbons (Fsp3) is 0.333. The van der Waals surface area contributed by atoms with Gasteiger partial charge >= 0.3 is 0 Å². The third kappa shape index (κ3) is 3.17. The topological polar surface area (TPSA) is 75.4 Å². The van der Waals surface area contributed by atoms with E-state index in [9.17, 15) is 9.59 Å². The smallest absolute Gasteiger partial charge is 0.247 e. The van der Waals surface area contributed by atoms with E-state index >= 15 is 0 Å². The van der Waals surface area contributed by atoms with Crippen LogP contribution in [0.25, 0.3) is 6.08 Å². The normalized spacial score (nSPS) is 18.4. The van der Waals surface area contributed by atoms with Crippen LogP contribution < -0.4 is 11.1 Å². The van der Waals surface area contributed by atoms with Crippen molar-refractivity contribution < 1.29 is 9.59 Å². The van der Waals surface area contributed by atoms with Gasteiger partial charge in [-0.05, 0) is 36.6 Å². The maximum absolute atomic E-state index is 12.2. The molecule has 1 unspecified atom stereocenters. The summed E-state index contributed by atoms with van der Waals surface area (Å²) < 4.78 is 0. The molecular formula is C15H19N3O2. The molecule has 2 rings (SSSR count). The summed E-state index contributed by atoms with van der Waals surface area (Å²) >= 11 is 0. The van der Waals surface area contributed by atoms with Crippen LogP contribution in [0.1, 0.15) is 18.4 Å². The number of nitrogen functional groups attached to an aromatic ring is 1. The second-order valence-corrected chi connectivity index (χ2v) is 4.81. The maximum Gasteiger partial charge on any atom is 0.247 e. The third-order valence-corrected chi connectivity index (χ3v) is 3.41. The van der Waals surface area contributed by atoms with E-state index < -0.39 is 0 Å². The first kappa shape index (κ1) is 14.1. The fourth-order valence-electron chi connectivity index (χ4n) is 2.40. The predicted octanol–water partition coefficient (Wildman–Crippen LogP) is 1.02. The molecule has 20 heavy (non-hydrogen) atoms. The van der Waals surface area contributed by atoms with Gasteiger partial charge in [0.15, 0.2) is 0 Å². The molecule has 1 fully saturated rings. The zero-order valence-corrected chi connectivity index (χ0v) is 11.5. The van der Waals surface area contributed by atoms with E-state index in [-0.39, 0.29) is 17.9 Å². The van der Waals surface area contributed by atoms with Gasteiger partial charge in [0.2, 0.25) is 11.8 Å². The van der Waals surface area contributed by atoms with E-state index in [2.05, 4.69) is 5.32 Å². The Bertz CT molecular complexity index is 540. The monoisotopic (exact) mass is 273 g/mol. The van der Waals surface area contributed by atoms with Gasteiger partial charge in [-0.2, -0.15) is 0 Å². The highest BCUT2D eigenvalue weighted by atomic mass is 16.2. The molecule has 1 aliphatic rings. The van der Waals surface area contributed by atoms with Gasteiger partial charge < -0.3 is 16.0 Å². The molecule has 0 radical (unpaired) electrons. The Morgan fingerprint density at radius 1 is 1.45 bits per heavy atom. The number of anilines is 1. The van der Waals surface area contributed by atoms with Gasteiger partial charge in [0.1, 0.15) is 6.04 Å². The number of likely N-dealkylation sites (tertiary alicyclic amines) is 1. The number of hydrogen-bond acceptors (Lipinski definition) is 3. The van der Waals surface area contributed by atoms with E-state index in [1.54, 1.807) is 30.2 Å². The van der Waals surface area contributed by atoms with Gasteiger partial charge in [0.05, 0.1) is 0 Å². The quantitative estimate of drug-likeness (QED) is 0.637. The highest BCUT2D eigenvalue weighted by Gasteiger charge is 2.32. The van der Waals surface area contributed by atoms with Gasteiger partial charge in [-0.1, -0.05) is 12.1 Å². The number of amides is 2. The Hall–Kier alpha value is -2.30. The van der Waals surface area contributed by atoms with E-state index in [1.165, 1.54) is 6.08 Å². The molecule has 5 nitrogen and oxygen atoms in total. The van der Waals surface area contributed by atoms with Gasteiger partial charge in [-0.25, -0.2) is 0 Å². The Kier molecular flexibility index (Phi) is 4.40. The minimum atomic E-state index is -0.349. The summed E-state index contributed by atoms with van der Waals surface area (Å²) in [5, 5.41) is 2.60. The molecule has 2 amide bonds. The Morgan fingerprint density at radius 2 is 2.25 bits per heavy atom.